The zero-order valence-corrected chi connectivity index (χ0v) is 20.0. The number of carbonyl (C=O) groups excluding carboxylic acids is 3. The van der Waals surface area contributed by atoms with Gasteiger partial charge in [-0.25, -0.2) is 0 Å². The maximum absolute atomic E-state index is 13.8. The van der Waals surface area contributed by atoms with Crippen molar-refractivity contribution in [3.05, 3.63) is 52.0 Å². The van der Waals surface area contributed by atoms with E-state index in [2.05, 4.69) is 5.32 Å². The lowest BCUT2D eigenvalue weighted by atomic mass is 9.53. The number of ketones is 3. The van der Waals surface area contributed by atoms with E-state index in [1.165, 1.54) is 27.1 Å². The van der Waals surface area contributed by atoms with Crippen molar-refractivity contribution in [3.63, 3.8) is 0 Å². The fourth-order valence-corrected chi connectivity index (χ4v) is 6.37. The van der Waals surface area contributed by atoms with Gasteiger partial charge in [0.25, 0.3) is 0 Å². The molecule has 0 aromatic heterocycles. The first-order valence-corrected chi connectivity index (χ1v) is 11.1. The largest absolute Gasteiger partial charge is 0.510 e. The van der Waals surface area contributed by atoms with Gasteiger partial charge < -0.3 is 25.4 Å². The van der Waals surface area contributed by atoms with Gasteiger partial charge in [0.15, 0.2) is 17.3 Å². The maximum Gasteiger partial charge on any atom is 0.198 e. The molecule has 182 valence electrons. The van der Waals surface area contributed by atoms with Crippen LogP contribution in [0.15, 0.2) is 40.9 Å². The molecule has 0 saturated heterocycles. The number of phenolic OH excluding ortho intramolecular Hbond substituents is 1. The minimum atomic E-state index is -1.90. The lowest BCUT2D eigenvalue weighted by Crippen LogP contribution is -2.73. The molecule has 0 unspecified atom stereocenters. The van der Waals surface area contributed by atoms with Crippen molar-refractivity contribution in [1.29, 1.82) is 0 Å². The van der Waals surface area contributed by atoms with E-state index in [9.17, 15) is 29.7 Å². The molecular formula is C25H30N2O7. The molecule has 9 nitrogen and oxygen atoms in total. The van der Waals surface area contributed by atoms with Crippen LogP contribution in [0.5, 0.6) is 5.75 Å². The van der Waals surface area contributed by atoms with E-state index < -0.39 is 58.2 Å². The van der Waals surface area contributed by atoms with Crippen LogP contribution in [0.3, 0.4) is 0 Å². The molecule has 0 aliphatic heterocycles. The summed E-state index contributed by atoms with van der Waals surface area (Å²) < 4.78 is 5.94. The molecule has 34 heavy (non-hydrogen) atoms. The third kappa shape index (κ3) is 2.80. The van der Waals surface area contributed by atoms with Crippen LogP contribution in [0.2, 0.25) is 0 Å². The third-order valence-corrected chi connectivity index (χ3v) is 7.78. The molecule has 0 fully saturated rings. The van der Waals surface area contributed by atoms with Crippen molar-refractivity contribution < 1.29 is 34.4 Å². The Kier molecular flexibility index (Phi) is 5.70. The Morgan fingerprint density at radius 2 is 1.82 bits per heavy atom. The fraction of sp³-hybridized carbons (Fsp3) is 0.480. The fourth-order valence-electron chi connectivity index (χ4n) is 6.37. The summed E-state index contributed by atoms with van der Waals surface area (Å²) >= 11 is 0. The number of likely N-dealkylation sites (N-methyl/N-ethyl adjacent to an activating group) is 2. The number of fused-ring (bicyclic) bond motifs is 3. The molecule has 4 N–H and O–H groups in total. The summed E-state index contributed by atoms with van der Waals surface area (Å²) in [5.74, 6) is -5.09. The summed E-state index contributed by atoms with van der Waals surface area (Å²) in [4.78, 5) is 41.7. The van der Waals surface area contributed by atoms with Crippen molar-refractivity contribution in [3.8, 4) is 5.75 Å². The van der Waals surface area contributed by atoms with Crippen molar-refractivity contribution in [2.75, 3.05) is 28.3 Å². The Morgan fingerprint density at radius 1 is 1.18 bits per heavy atom. The number of aliphatic hydroxyl groups excluding tert-OH is 2. The predicted molar refractivity (Wildman–Crippen MR) is 123 cm³/mol. The molecule has 3 aliphatic carbocycles. The highest BCUT2D eigenvalue weighted by Gasteiger charge is 2.67. The molecule has 0 saturated carbocycles. The number of Topliss-reactive ketones (excluding diaryl/α,β-unsaturated/α-hetero) is 3. The van der Waals surface area contributed by atoms with E-state index in [4.69, 9.17) is 4.74 Å². The van der Waals surface area contributed by atoms with Crippen LogP contribution < -0.4 is 5.32 Å². The summed E-state index contributed by atoms with van der Waals surface area (Å²) in [6.07, 6.45) is -0.806. The minimum Gasteiger partial charge on any atom is -0.510 e. The first-order chi connectivity index (χ1) is 16.0. The van der Waals surface area contributed by atoms with Crippen LogP contribution in [-0.4, -0.2) is 83.5 Å². The summed E-state index contributed by atoms with van der Waals surface area (Å²) in [6, 6.07) is 3.93. The van der Waals surface area contributed by atoms with Gasteiger partial charge in [-0.15, -0.1) is 0 Å². The van der Waals surface area contributed by atoms with E-state index in [1.54, 1.807) is 31.1 Å². The number of hydrogen-bond donors (Lipinski definition) is 4. The number of nitrogens with one attached hydrogen (secondary N) is 1. The summed E-state index contributed by atoms with van der Waals surface area (Å²) in [5.41, 5.74) is -1.67. The summed E-state index contributed by atoms with van der Waals surface area (Å²) in [7, 11) is 6.31. The monoisotopic (exact) mass is 470 g/mol. The van der Waals surface area contributed by atoms with Gasteiger partial charge in [0.05, 0.1) is 17.7 Å². The van der Waals surface area contributed by atoms with Gasteiger partial charge in [-0.1, -0.05) is 19.1 Å². The van der Waals surface area contributed by atoms with Crippen molar-refractivity contribution >= 4 is 17.3 Å². The van der Waals surface area contributed by atoms with E-state index >= 15 is 0 Å². The lowest BCUT2D eigenvalue weighted by Gasteiger charge is -2.56. The second-order valence-electron chi connectivity index (χ2n) is 9.49. The Bertz CT molecular complexity index is 1170. The highest BCUT2D eigenvalue weighted by molar-refractivity contribution is 6.25. The van der Waals surface area contributed by atoms with Crippen molar-refractivity contribution in [1.82, 2.24) is 10.2 Å². The average molecular weight is 471 g/mol. The Balaban J connectivity index is 2.12. The molecule has 1 aromatic carbocycles. The summed E-state index contributed by atoms with van der Waals surface area (Å²) in [5, 5.41) is 36.2. The second kappa shape index (κ2) is 8.04. The number of benzene rings is 1. The Labute approximate surface area is 197 Å². The molecule has 6 atom stereocenters. The molecule has 1 aromatic rings. The lowest BCUT2D eigenvalue weighted by molar-refractivity contribution is -0.138. The molecule has 0 amide bonds. The Morgan fingerprint density at radius 3 is 2.35 bits per heavy atom. The van der Waals surface area contributed by atoms with Gasteiger partial charge in [-0.3, -0.25) is 19.3 Å². The van der Waals surface area contributed by atoms with E-state index in [0.29, 0.717) is 5.56 Å². The molecule has 4 rings (SSSR count). The second-order valence-corrected chi connectivity index (χ2v) is 9.49. The minimum absolute atomic E-state index is 0.0332. The molecule has 0 radical (unpaired) electrons. The van der Waals surface area contributed by atoms with Crippen LogP contribution in [-0.2, 0) is 14.3 Å². The molecule has 0 bridgehead atoms. The quantitative estimate of drug-likeness (QED) is 0.484. The first-order valence-electron chi connectivity index (χ1n) is 11.1. The van der Waals surface area contributed by atoms with Crippen LogP contribution >= 0.6 is 0 Å². The molecular weight excluding hydrogens is 440 g/mol. The van der Waals surface area contributed by atoms with Crippen LogP contribution in [0.4, 0.5) is 0 Å². The smallest absolute Gasteiger partial charge is 0.198 e. The van der Waals surface area contributed by atoms with Gasteiger partial charge in [-0.05, 0) is 45.6 Å². The van der Waals surface area contributed by atoms with E-state index in [-0.39, 0.29) is 28.6 Å². The number of nitrogens with zero attached hydrogens (tertiary/aromatic N) is 1. The number of phenols is 1. The van der Waals surface area contributed by atoms with E-state index in [0.717, 1.165) is 0 Å². The van der Waals surface area contributed by atoms with Crippen LogP contribution in [0.1, 0.15) is 35.7 Å². The topological polar surface area (TPSA) is 136 Å². The normalized spacial score (nSPS) is 33.1. The SMILES string of the molecule is CN[C@@]12C(=O)C(C(C)=O)=C(O)[C@@H](N(C)C)[C@H]1[C@H](OC)[C@H]1C(=C2O)C(=O)c2c(O)cccc2[C@@H]1C. The molecule has 3 aliphatic rings. The molecule has 0 heterocycles. The van der Waals surface area contributed by atoms with Crippen LogP contribution in [0.25, 0.3) is 0 Å². The average Bonchev–Trinajstić information content (AvgIpc) is 2.76. The standard InChI is InChI=1S/C25H30N2O7/c1-10-12-8-7-9-13(29)16(12)20(30)17-14(10)22(34-6)18-19(27(4)5)21(31)15(11(2)28)23(32)25(18,26-3)24(17)33/h7-10,14,18-19,22,26,29,31,33H,1-6H3/t10-,14+,18-,19-,22+,25+/m0/s1. The maximum atomic E-state index is 13.8. The summed E-state index contributed by atoms with van der Waals surface area (Å²) in [6.45, 7) is 3.04. The highest BCUT2D eigenvalue weighted by atomic mass is 16.5. The number of aliphatic hydroxyl groups is 2. The molecule has 0 spiro atoms. The zero-order chi connectivity index (χ0) is 25.3. The zero-order valence-electron chi connectivity index (χ0n) is 20.0. The number of rotatable bonds is 4. The number of aromatic hydroxyl groups is 1. The molecule has 9 heteroatoms. The van der Waals surface area contributed by atoms with Gasteiger partial charge in [0, 0.05) is 24.5 Å². The highest BCUT2D eigenvalue weighted by Crippen LogP contribution is 2.56. The number of methoxy groups -OCH3 is 1. The van der Waals surface area contributed by atoms with Gasteiger partial charge in [-0.2, -0.15) is 0 Å². The Hall–Kier alpha value is -3.01. The number of hydrogen-bond acceptors (Lipinski definition) is 9. The number of ether oxygens (including phenoxy) is 1. The van der Waals surface area contributed by atoms with Gasteiger partial charge >= 0.3 is 0 Å². The number of carbonyl (C=O) groups is 3. The first kappa shape index (κ1) is 24.1. The van der Waals surface area contributed by atoms with Gasteiger partial charge in [0.1, 0.15) is 28.4 Å². The predicted octanol–water partition coefficient (Wildman–Crippen LogP) is 1.64. The van der Waals surface area contributed by atoms with Crippen LogP contribution in [0, 0.1) is 11.8 Å². The van der Waals surface area contributed by atoms with E-state index in [1.807, 2.05) is 6.92 Å². The van der Waals surface area contributed by atoms with Crippen molar-refractivity contribution in [2.24, 2.45) is 11.8 Å². The van der Waals surface area contributed by atoms with Crippen molar-refractivity contribution in [2.45, 2.75) is 37.5 Å². The third-order valence-electron chi connectivity index (χ3n) is 7.78. The van der Waals surface area contributed by atoms with Gasteiger partial charge in [0.2, 0.25) is 0 Å².